The van der Waals surface area contributed by atoms with Crippen LogP contribution in [0.4, 0.5) is 10.1 Å². The van der Waals surface area contributed by atoms with Crippen LogP contribution in [0.25, 0.3) is 0 Å². The Morgan fingerprint density at radius 1 is 1.15 bits per heavy atom. The largest absolute Gasteiger partial charge is 0.398 e. The van der Waals surface area contributed by atoms with Crippen molar-refractivity contribution < 1.29 is 9.18 Å². The smallest absolute Gasteiger partial charge is 0.256 e. The van der Waals surface area contributed by atoms with E-state index < -0.39 is 5.82 Å². The number of nitrogens with zero attached hydrogens (tertiary/aromatic N) is 1. The van der Waals surface area contributed by atoms with Crippen LogP contribution >= 0.6 is 0 Å². The van der Waals surface area contributed by atoms with Crippen LogP contribution in [0.1, 0.15) is 21.5 Å². The first-order chi connectivity index (χ1) is 9.65. The molecular formula is C16H15FN2O. The quantitative estimate of drug-likeness (QED) is 0.810. The van der Waals surface area contributed by atoms with Crippen molar-refractivity contribution >= 4 is 11.6 Å². The zero-order chi connectivity index (χ0) is 14.1. The van der Waals surface area contributed by atoms with E-state index in [9.17, 15) is 9.18 Å². The fraction of sp³-hybridized carbons (Fsp3) is 0.188. The molecule has 0 aromatic heterocycles. The molecule has 2 aromatic carbocycles. The Hall–Kier alpha value is -2.36. The van der Waals surface area contributed by atoms with E-state index in [4.69, 9.17) is 5.73 Å². The van der Waals surface area contributed by atoms with Crippen LogP contribution in [0.5, 0.6) is 0 Å². The van der Waals surface area contributed by atoms with Gasteiger partial charge in [0.2, 0.25) is 0 Å². The topological polar surface area (TPSA) is 46.3 Å². The molecule has 1 aliphatic heterocycles. The molecule has 2 aromatic rings. The highest BCUT2D eigenvalue weighted by Gasteiger charge is 2.23. The minimum atomic E-state index is -0.444. The Labute approximate surface area is 116 Å². The molecule has 3 nitrogen and oxygen atoms in total. The zero-order valence-corrected chi connectivity index (χ0v) is 11.0. The molecular weight excluding hydrogens is 255 g/mol. The fourth-order valence-electron chi connectivity index (χ4n) is 2.55. The van der Waals surface area contributed by atoms with E-state index in [1.54, 1.807) is 4.90 Å². The Bertz CT molecular complexity index is 669. The SMILES string of the molecule is Nc1ccc(F)cc1C(=O)N1CCc2ccccc2C1. The number of halogens is 1. The molecule has 0 atom stereocenters. The molecule has 4 heteroatoms. The van der Waals surface area contributed by atoms with Crippen LogP contribution in [0.15, 0.2) is 42.5 Å². The Kier molecular flexibility index (Phi) is 3.14. The molecule has 0 aliphatic carbocycles. The molecule has 0 saturated heterocycles. The lowest BCUT2D eigenvalue weighted by Crippen LogP contribution is -2.36. The van der Waals surface area contributed by atoms with Crippen LogP contribution in [0.2, 0.25) is 0 Å². The van der Waals surface area contributed by atoms with E-state index in [0.717, 1.165) is 12.0 Å². The van der Waals surface area contributed by atoms with E-state index in [0.29, 0.717) is 18.8 Å². The lowest BCUT2D eigenvalue weighted by atomic mass is 9.99. The van der Waals surface area contributed by atoms with E-state index in [1.165, 1.54) is 23.8 Å². The second-order valence-corrected chi connectivity index (χ2v) is 4.98. The van der Waals surface area contributed by atoms with E-state index in [2.05, 4.69) is 6.07 Å². The molecule has 3 rings (SSSR count). The van der Waals surface area contributed by atoms with Crippen molar-refractivity contribution in [1.82, 2.24) is 4.90 Å². The summed E-state index contributed by atoms with van der Waals surface area (Å²) in [5, 5.41) is 0. The van der Waals surface area contributed by atoms with Gasteiger partial charge in [-0.15, -0.1) is 0 Å². The Morgan fingerprint density at radius 3 is 2.70 bits per heavy atom. The second-order valence-electron chi connectivity index (χ2n) is 4.98. The van der Waals surface area contributed by atoms with Gasteiger partial charge < -0.3 is 10.6 Å². The van der Waals surface area contributed by atoms with Crippen molar-refractivity contribution in [3.8, 4) is 0 Å². The Morgan fingerprint density at radius 2 is 1.90 bits per heavy atom. The summed E-state index contributed by atoms with van der Waals surface area (Å²) in [6.45, 7) is 1.18. The third-order valence-electron chi connectivity index (χ3n) is 3.66. The molecule has 0 bridgehead atoms. The first-order valence-corrected chi connectivity index (χ1v) is 6.56. The number of hydrogen-bond acceptors (Lipinski definition) is 2. The van der Waals surface area contributed by atoms with Gasteiger partial charge in [-0.25, -0.2) is 4.39 Å². The molecule has 0 saturated carbocycles. The summed E-state index contributed by atoms with van der Waals surface area (Å²) >= 11 is 0. The third-order valence-corrected chi connectivity index (χ3v) is 3.66. The average molecular weight is 270 g/mol. The number of benzene rings is 2. The number of anilines is 1. The standard InChI is InChI=1S/C16H15FN2O/c17-13-5-6-15(18)14(9-13)16(20)19-8-7-11-3-1-2-4-12(11)10-19/h1-6,9H,7-8,10,18H2. The molecule has 102 valence electrons. The Balaban J connectivity index is 1.88. The average Bonchev–Trinajstić information content (AvgIpc) is 2.48. The summed E-state index contributed by atoms with van der Waals surface area (Å²) in [6, 6.07) is 12.0. The summed E-state index contributed by atoms with van der Waals surface area (Å²) in [5.74, 6) is -0.656. The highest BCUT2D eigenvalue weighted by atomic mass is 19.1. The third kappa shape index (κ3) is 2.25. The predicted molar refractivity (Wildman–Crippen MR) is 75.7 cm³/mol. The van der Waals surface area contributed by atoms with E-state index in [1.807, 2.05) is 18.2 Å². The van der Waals surface area contributed by atoms with Crippen LogP contribution in [0.3, 0.4) is 0 Å². The van der Waals surface area contributed by atoms with Gasteiger partial charge in [-0.2, -0.15) is 0 Å². The lowest BCUT2D eigenvalue weighted by Gasteiger charge is -2.29. The monoisotopic (exact) mass is 270 g/mol. The van der Waals surface area contributed by atoms with Gasteiger partial charge in [0, 0.05) is 18.8 Å². The number of nitrogen functional groups attached to an aromatic ring is 1. The van der Waals surface area contributed by atoms with Crippen molar-refractivity contribution in [2.45, 2.75) is 13.0 Å². The number of nitrogens with two attached hydrogens (primary N) is 1. The van der Waals surface area contributed by atoms with Gasteiger partial charge in [0.15, 0.2) is 0 Å². The number of carbonyl (C=O) groups is 1. The van der Waals surface area contributed by atoms with Crippen molar-refractivity contribution in [2.24, 2.45) is 0 Å². The summed E-state index contributed by atoms with van der Waals surface area (Å²) < 4.78 is 13.3. The predicted octanol–water partition coefficient (Wildman–Crippen LogP) is 2.61. The van der Waals surface area contributed by atoms with Gasteiger partial charge >= 0.3 is 0 Å². The summed E-state index contributed by atoms with van der Waals surface area (Å²) in [7, 11) is 0. The molecule has 2 N–H and O–H groups in total. The van der Waals surface area contributed by atoms with Gasteiger partial charge in [0.1, 0.15) is 5.82 Å². The van der Waals surface area contributed by atoms with Crippen molar-refractivity contribution in [1.29, 1.82) is 0 Å². The first-order valence-electron chi connectivity index (χ1n) is 6.56. The molecule has 1 amide bonds. The number of carbonyl (C=O) groups excluding carboxylic acids is 1. The van der Waals surface area contributed by atoms with Crippen molar-refractivity contribution in [3.05, 3.63) is 65.0 Å². The van der Waals surface area contributed by atoms with Crippen LogP contribution < -0.4 is 5.73 Å². The summed E-state index contributed by atoms with van der Waals surface area (Å²) in [5.41, 5.74) is 8.74. The van der Waals surface area contributed by atoms with E-state index >= 15 is 0 Å². The molecule has 0 spiro atoms. The highest BCUT2D eigenvalue weighted by Crippen LogP contribution is 2.22. The minimum absolute atomic E-state index is 0.212. The normalized spacial score (nSPS) is 13.9. The zero-order valence-electron chi connectivity index (χ0n) is 11.0. The maximum atomic E-state index is 13.3. The molecule has 1 aliphatic rings. The second kappa shape index (κ2) is 4.96. The maximum Gasteiger partial charge on any atom is 0.256 e. The van der Waals surface area contributed by atoms with Crippen molar-refractivity contribution in [2.75, 3.05) is 12.3 Å². The van der Waals surface area contributed by atoms with Crippen LogP contribution in [-0.2, 0) is 13.0 Å². The number of fused-ring (bicyclic) bond motifs is 1. The van der Waals surface area contributed by atoms with Crippen LogP contribution in [-0.4, -0.2) is 17.4 Å². The molecule has 0 radical (unpaired) electrons. The van der Waals surface area contributed by atoms with Gasteiger partial charge in [-0.3, -0.25) is 4.79 Å². The van der Waals surface area contributed by atoms with Gasteiger partial charge in [0.05, 0.1) is 5.56 Å². The highest BCUT2D eigenvalue weighted by molar-refractivity contribution is 5.99. The number of amides is 1. The van der Waals surface area contributed by atoms with Crippen molar-refractivity contribution in [3.63, 3.8) is 0 Å². The molecule has 0 unspecified atom stereocenters. The van der Waals surface area contributed by atoms with Crippen LogP contribution in [0, 0.1) is 5.82 Å². The lowest BCUT2D eigenvalue weighted by molar-refractivity contribution is 0.0735. The summed E-state index contributed by atoms with van der Waals surface area (Å²) in [4.78, 5) is 14.2. The molecule has 1 heterocycles. The summed E-state index contributed by atoms with van der Waals surface area (Å²) in [6.07, 6.45) is 0.817. The van der Waals surface area contributed by atoms with Gasteiger partial charge in [-0.1, -0.05) is 24.3 Å². The fourth-order valence-corrected chi connectivity index (χ4v) is 2.55. The van der Waals surface area contributed by atoms with Gasteiger partial charge in [0.25, 0.3) is 5.91 Å². The first kappa shape index (κ1) is 12.7. The molecule has 20 heavy (non-hydrogen) atoms. The van der Waals surface area contributed by atoms with E-state index in [-0.39, 0.29) is 11.5 Å². The minimum Gasteiger partial charge on any atom is -0.398 e. The number of hydrogen-bond donors (Lipinski definition) is 1. The maximum absolute atomic E-state index is 13.3. The number of rotatable bonds is 1. The van der Waals surface area contributed by atoms with Gasteiger partial charge in [-0.05, 0) is 35.7 Å². The molecule has 0 fully saturated rings.